The van der Waals surface area contributed by atoms with Gasteiger partial charge in [-0.2, -0.15) is 0 Å². The lowest BCUT2D eigenvalue weighted by atomic mass is 9.99. The second kappa shape index (κ2) is 16.9. The van der Waals surface area contributed by atoms with Crippen LogP contribution in [-0.4, -0.2) is 105 Å². The summed E-state index contributed by atoms with van der Waals surface area (Å²) in [5.41, 5.74) is 0.484. The van der Waals surface area contributed by atoms with Gasteiger partial charge in [-0.3, -0.25) is 24.1 Å². The van der Waals surface area contributed by atoms with Crippen molar-refractivity contribution in [3.63, 3.8) is 0 Å². The maximum Gasteiger partial charge on any atom is 0.335 e. The van der Waals surface area contributed by atoms with Crippen LogP contribution in [0.25, 0.3) is 0 Å². The number of aliphatic carboxylic acids is 1. The van der Waals surface area contributed by atoms with Crippen LogP contribution in [0, 0.1) is 5.92 Å². The quantitative estimate of drug-likeness (QED) is 0.0867. The molecule has 45 heavy (non-hydrogen) atoms. The number of carbonyl (C=O) groups is 5. The third-order valence-corrected chi connectivity index (χ3v) is 7.03. The molecule has 5 atom stereocenters. The molecule has 0 aliphatic carbocycles. The van der Waals surface area contributed by atoms with E-state index >= 15 is 0 Å². The molecule has 0 radical (unpaired) electrons. The summed E-state index contributed by atoms with van der Waals surface area (Å²) >= 11 is 0. The van der Waals surface area contributed by atoms with Gasteiger partial charge in [-0.25, -0.2) is 4.79 Å². The van der Waals surface area contributed by atoms with E-state index in [-0.39, 0.29) is 54.8 Å². The minimum absolute atomic E-state index is 0.0729. The number of hydrogen-bond donors (Lipinski definition) is 5. The van der Waals surface area contributed by atoms with E-state index in [2.05, 4.69) is 5.32 Å². The SMILES string of the molecule is CC(C)C(=O)OCc1ccc(O[C@@H]2O[C@H](C(=O)O)[C@@H](O)[C@H](O)[C@@H]2O)cc1OCCCNC(=O)CCCCCN1C(=O)C=CC1=O. The number of imide groups is 1. The molecule has 1 saturated heterocycles. The Bertz CT molecular complexity index is 1230. The van der Waals surface area contributed by atoms with Crippen LogP contribution >= 0.6 is 0 Å². The Morgan fingerprint density at radius 2 is 1.69 bits per heavy atom. The molecule has 0 saturated carbocycles. The van der Waals surface area contributed by atoms with Gasteiger partial charge in [0.1, 0.15) is 36.4 Å². The highest BCUT2D eigenvalue weighted by atomic mass is 16.7. The zero-order valence-corrected chi connectivity index (χ0v) is 25.1. The van der Waals surface area contributed by atoms with Crippen molar-refractivity contribution in [3.05, 3.63) is 35.9 Å². The van der Waals surface area contributed by atoms with Gasteiger partial charge >= 0.3 is 11.9 Å². The molecule has 3 rings (SSSR count). The molecular formula is C30H40N2O13. The zero-order chi connectivity index (χ0) is 33.1. The number of nitrogens with zero attached hydrogens (tertiary/aromatic N) is 1. The number of carboxylic acids is 1. The fourth-order valence-corrected chi connectivity index (χ4v) is 4.42. The first-order valence-corrected chi connectivity index (χ1v) is 14.7. The summed E-state index contributed by atoms with van der Waals surface area (Å²) in [5.74, 6) is -2.81. The Hall–Kier alpha value is -4.05. The van der Waals surface area contributed by atoms with E-state index in [0.29, 0.717) is 44.3 Å². The normalized spacial score (nSPS) is 22.9. The number of unbranched alkanes of at least 4 members (excludes halogenated alkanes) is 2. The number of amides is 3. The fourth-order valence-electron chi connectivity index (χ4n) is 4.42. The summed E-state index contributed by atoms with van der Waals surface area (Å²) < 4.78 is 21.9. The standard InChI is InChI=1S/C30H40N2O13/c1-17(2)29(41)43-16-18-8-9-19(44-30-26(38)24(36)25(37)27(45-30)28(39)40)15-20(18)42-14-6-12-31-21(33)7-4-3-5-13-32-22(34)10-11-23(32)35/h8-11,15,17,24-27,30,36-38H,3-7,12-14,16H2,1-2H3,(H,31,33)(H,39,40)/t24-,25-,26-,27-,30+/m0/s1. The van der Waals surface area contributed by atoms with Gasteiger partial charge < -0.3 is 44.7 Å². The van der Waals surface area contributed by atoms with Crippen LogP contribution in [0.5, 0.6) is 11.5 Å². The Kier molecular flexibility index (Phi) is 13.3. The smallest absolute Gasteiger partial charge is 0.335 e. The monoisotopic (exact) mass is 636 g/mol. The summed E-state index contributed by atoms with van der Waals surface area (Å²) in [7, 11) is 0. The van der Waals surface area contributed by atoms with E-state index < -0.39 is 42.6 Å². The maximum atomic E-state index is 12.2. The van der Waals surface area contributed by atoms with Gasteiger partial charge in [0.15, 0.2) is 6.10 Å². The average Bonchev–Trinajstić information content (AvgIpc) is 3.32. The second-order valence-electron chi connectivity index (χ2n) is 10.9. The molecule has 0 aromatic heterocycles. The lowest BCUT2D eigenvalue weighted by Crippen LogP contribution is -2.61. The average molecular weight is 637 g/mol. The van der Waals surface area contributed by atoms with E-state index in [1.807, 2.05) is 0 Å². The Morgan fingerprint density at radius 3 is 2.36 bits per heavy atom. The minimum Gasteiger partial charge on any atom is -0.493 e. The van der Waals surface area contributed by atoms with Gasteiger partial charge in [0, 0.05) is 43.3 Å². The van der Waals surface area contributed by atoms with Crippen molar-refractivity contribution in [1.82, 2.24) is 10.2 Å². The fraction of sp³-hybridized carbons (Fsp3) is 0.567. The van der Waals surface area contributed by atoms with Gasteiger partial charge in [0.25, 0.3) is 11.8 Å². The van der Waals surface area contributed by atoms with Crippen molar-refractivity contribution in [2.75, 3.05) is 19.7 Å². The highest BCUT2D eigenvalue weighted by molar-refractivity contribution is 6.12. The number of aliphatic hydroxyl groups is 3. The first kappa shape index (κ1) is 35.4. The lowest BCUT2D eigenvalue weighted by molar-refractivity contribution is -0.271. The number of hydrogen-bond acceptors (Lipinski definition) is 12. The predicted octanol–water partition coefficient (Wildman–Crippen LogP) is 0.0273. The second-order valence-corrected chi connectivity index (χ2v) is 10.9. The van der Waals surface area contributed by atoms with Crippen LogP contribution in [0.3, 0.4) is 0 Å². The number of carboxylic acid groups (broad SMARTS) is 1. The highest BCUT2D eigenvalue weighted by Crippen LogP contribution is 2.30. The van der Waals surface area contributed by atoms with Gasteiger partial charge in [0.05, 0.1) is 12.5 Å². The molecule has 2 heterocycles. The molecule has 0 spiro atoms. The summed E-state index contributed by atoms with van der Waals surface area (Å²) in [6, 6.07) is 4.41. The minimum atomic E-state index is -1.87. The summed E-state index contributed by atoms with van der Waals surface area (Å²) in [5, 5.41) is 42.3. The third kappa shape index (κ3) is 10.2. The molecule has 3 amide bonds. The molecule has 2 aliphatic heterocycles. The van der Waals surface area contributed by atoms with Crippen LogP contribution in [0.1, 0.15) is 51.5 Å². The van der Waals surface area contributed by atoms with E-state index in [0.717, 1.165) is 0 Å². The number of rotatable bonds is 17. The van der Waals surface area contributed by atoms with Crippen molar-refractivity contribution >= 4 is 29.7 Å². The van der Waals surface area contributed by atoms with Crippen molar-refractivity contribution in [2.45, 2.75) is 83.3 Å². The van der Waals surface area contributed by atoms with Crippen LogP contribution < -0.4 is 14.8 Å². The number of aliphatic hydroxyl groups excluding tert-OH is 3. The first-order valence-electron chi connectivity index (χ1n) is 14.7. The molecule has 15 heteroatoms. The van der Waals surface area contributed by atoms with Crippen molar-refractivity contribution in [3.8, 4) is 11.5 Å². The number of benzene rings is 1. The Labute approximate surface area is 259 Å². The highest BCUT2D eigenvalue weighted by Gasteiger charge is 2.48. The molecule has 1 aromatic carbocycles. The van der Waals surface area contributed by atoms with Gasteiger partial charge in [0.2, 0.25) is 12.2 Å². The van der Waals surface area contributed by atoms with Crippen LogP contribution in [0.2, 0.25) is 0 Å². The molecule has 1 fully saturated rings. The van der Waals surface area contributed by atoms with E-state index in [4.69, 9.17) is 18.9 Å². The Morgan fingerprint density at radius 1 is 0.978 bits per heavy atom. The van der Waals surface area contributed by atoms with Gasteiger partial charge in [-0.1, -0.05) is 20.3 Å². The summed E-state index contributed by atoms with van der Waals surface area (Å²) in [6.45, 7) is 4.04. The van der Waals surface area contributed by atoms with Crippen molar-refractivity contribution in [1.29, 1.82) is 0 Å². The number of nitrogens with one attached hydrogen (secondary N) is 1. The van der Waals surface area contributed by atoms with E-state index in [9.17, 15) is 44.4 Å². The summed E-state index contributed by atoms with van der Waals surface area (Å²) in [4.78, 5) is 59.9. The van der Waals surface area contributed by atoms with Crippen LogP contribution in [0.4, 0.5) is 0 Å². The van der Waals surface area contributed by atoms with Crippen LogP contribution in [-0.2, 0) is 40.1 Å². The maximum absolute atomic E-state index is 12.2. The molecule has 5 N–H and O–H groups in total. The van der Waals surface area contributed by atoms with E-state index in [1.54, 1.807) is 19.9 Å². The largest absolute Gasteiger partial charge is 0.493 e. The zero-order valence-electron chi connectivity index (χ0n) is 25.1. The van der Waals surface area contributed by atoms with Gasteiger partial charge in [-0.15, -0.1) is 0 Å². The molecule has 0 unspecified atom stereocenters. The Balaban J connectivity index is 1.49. The molecule has 0 bridgehead atoms. The lowest BCUT2D eigenvalue weighted by Gasteiger charge is -2.38. The molecule has 15 nitrogen and oxygen atoms in total. The number of carbonyl (C=O) groups excluding carboxylic acids is 4. The third-order valence-electron chi connectivity index (χ3n) is 7.03. The molecule has 2 aliphatic rings. The van der Waals surface area contributed by atoms with Gasteiger partial charge in [-0.05, 0) is 31.4 Å². The van der Waals surface area contributed by atoms with Crippen molar-refractivity contribution < 1.29 is 63.3 Å². The molecule has 248 valence electrons. The van der Waals surface area contributed by atoms with E-state index in [1.165, 1.54) is 29.2 Å². The topological polar surface area (TPSA) is 218 Å². The molecule has 1 aromatic rings. The number of esters is 1. The first-order chi connectivity index (χ1) is 21.4. The summed E-state index contributed by atoms with van der Waals surface area (Å²) in [6.07, 6.45) is -3.87. The molecular weight excluding hydrogens is 596 g/mol. The number of ether oxygens (including phenoxy) is 4. The van der Waals surface area contributed by atoms with Crippen LogP contribution in [0.15, 0.2) is 30.4 Å². The van der Waals surface area contributed by atoms with Crippen molar-refractivity contribution in [2.24, 2.45) is 5.92 Å². The predicted molar refractivity (Wildman–Crippen MR) is 153 cm³/mol.